The number of nitrogens with zero attached hydrogens (tertiary/aromatic N) is 1. The average molecular weight is 300 g/mol. The molecule has 4 nitrogen and oxygen atoms in total. The standard InChI is InChI=1S/C14H15F3N2O2/c1-2-13(20)18-10-6-7-19(9-10)11-4-3-5-12(8-11)21-14(15,16)17/h2-5,8,10H,1,6-7,9H2,(H,18,20). The Balaban J connectivity index is 2.01. The van der Waals surface area contributed by atoms with E-state index < -0.39 is 6.36 Å². The van der Waals surface area contributed by atoms with Crippen LogP contribution >= 0.6 is 0 Å². The summed E-state index contributed by atoms with van der Waals surface area (Å²) < 4.78 is 40.5. The number of carbonyl (C=O) groups excluding carboxylic acids is 1. The molecular weight excluding hydrogens is 285 g/mol. The van der Waals surface area contributed by atoms with Crippen LogP contribution in [0.4, 0.5) is 18.9 Å². The van der Waals surface area contributed by atoms with Crippen LogP contribution in [0.15, 0.2) is 36.9 Å². The summed E-state index contributed by atoms with van der Waals surface area (Å²) in [4.78, 5) is 13.1. The number of hydrogen-bond acceptors (Lipinski definition) is 3. The topological polar surface area (TPSA) is 41.6 Å². The van der Waals surface area contributed by atoms with Crippen LogP contribution in [0.2, 0.25) is 0 Å². The number of benzene rings is 1. The fourth-order valence-corrected chi connectivity index (χ4v) is 2.25. The lowest BCUT2D eigenvalue weighted by molar-refractivity contribution is -0.274. The molecule has 0 radical (unpaired) electrons. The molecule has 0 spiro atoms. The Kier molecular flexibility index (Phi) is 4.40. The highest BCUT2D eigenvalue weighted by Crippen LogP contribution is 2.28. The number of carbonyl (C=O) groups is 1. The van der Waals surface area contributed by atoms with Gasteiger partial charge in [-0.3, -0.25) is 4.79 Å². The van der Waals surface area contributed by atoms with E-state index in [-0.39, 0.29) is 17.7 Å². The lowest BCUT2D eigenvalue weighted by Gasteiger charge is -2.20. The molecule has 7 heteroatoms. The Bertz CT molecular complexity index is 531. The summed E-state index contributed by atoms with van der Waals surface area (Å²) in [7, 11) is 0. The predicted octanol–water partition coefficient (Wildman–Crippen LogP) is 2.47. The molecule has 1 amide bonds. The minimum Gasteiger partial charge on any atom is -0.406 e. The van der Waals surface area contributed by atoms with Crippen LogP contribution in [0.3, 0.4) is 0 Å². The van der Waals surface area contributed by atoms with Crippen molar-refractivity contribution in [3.63, 3.8) is 0 Å². The summed E-state index contributed by atoms with van der Waals surface area (Å²) in [5.74, 6) is -0.505. The highest BCUT2D eigenvalue weighted by molar-refractivity contribution is 5.87. The molecule has 1 N–H and O–H groups in total. The molecule has 1 aromatic rings. The molecule has 0 bridgehead atoms. The molecule has 1 heterocycles. The minimum atomic E-state index is -4.70. The Morgan fingerprint density at radius 2 is 2.24 bits per heavy atom. The van der Waals surface area contributed by atoms with Gasteiger partial charge in [-0.1, -0.05) is 12.6 Å². The molecule has 2 rings (SSSR count). The van der Waals surface area contributed by atoms with Crippen molar-refractivity contribution >= 4 is 11.6 Å². The second kappa shape index (κ2) is 6.07. The van der Waals surface area contributed by atoms with Gasteiger partial charge in [0.2, 0.25) is 5.91 Å². The first-order valence-corrected chi connectivity index (χ1v) is 6.41. The lowest BCUT2D eigenvalue weighted by Crippen LogP contribution is -2.36. The number of ether oxygens (including phenoxy) is 1. The van der Waals surface area contributed by atoms with Crippen LogP contribution in [-0.2, 0) is 4.79 Å². The maximum Gasteiger partial charge on any atom is 0.573 e. The highest BCUT2D eigenvalue weighted by atomic mass is 19.4. The zero-order valence-corrected chi connectivity index (χ0v) is 11.2. The van der Waals surface area contributed by atoms with E-state index in [0.717, 1.165) is 6.42 Å². The molecule has 1 unspecified atom stereocenters. The van der Waals surface area contributed by atoms with Crippen molar-refractivity contribution in [1.82, 2.24) is 5.32 Å². The summed E-state index contributed by atoms with van der Waals surface area (Å²) in [6.45, 7) is 4.56. The summed E-state index contributed by atoms with van der Waals surface area (Å²) in [6, 6.07) is 5.77. The van der Waals surface area contributed by atoms with Crippen molar-refractivity contribution in [1.29, 1.82) is 0 Å². The lowest BCUT2D eigenvalue weighted by atomic mass is 10.2. The zero-order valence-electron chi connectivity index (χ0n) is 11.2. The van der Waals surface area contributed by atoms with E-state index in [1.807, 2.05) is 4.90 Å². The Morgan fingerprint density at radius 1 is 1.48 bits per heavy atom. The number of halogens is 3. The van der Waals surface area contributed by atoms with Crippen molar-refractivity contribution in [3.8, 4) is 5.75 Å². The number of hydrogen-bond donors (Lipinski definition) is 1. The quantitative estimate of drug-likeness (QED) is 0.869. The Hall–Kier alpha value is -2.18. The number of alkyl halides is 3. The molecular formula is C14H15F3N2O2. The monoisotopic (exact) mass is 300 g/mol. The van der Waals surface area contributed by atoms with Gasteiger partial charge in [0.25, 0.3) is 0 Å². The van der Waals surface area contributed by atoms with Crippen molar-refractivity contribution in [2.24, 2.45) is 0 Å². The molecule has 114 valence electrons. The smallest absolute Gasteiger partial charge is 0.406 e. The molecule has 1 aromatic carbocycles. The molecule has 0 aliphatic carbocycles. The van der Waals surface area contributed by atoms with E-state index in [1.54, 1.807) is 6.07 Å². The van der Waals surface area contributed by atoms with E-state index in [1.165, 1.54) is 24.3 Å². The second-order valence-electron chi connectivity index (χ2n) is 4.69. The van der Waals surface area contributed by atoms with Crippen LogP contribution in [0.1, 0.15) is 6.42 Å². The molecule has 21 heavy (non-hydrogen) atoms. The largest absolute Gasteiger partial charge is 0.573 e. The fourth-order valence-electron chi connectivity index (χ4n) is 2.25. The Morgan fingerprint density at radius 3 is 2.90 bits per heavy atom. The van der Waals surface area contributed by atoms with Gasteiger partial charge in [-0.15, -0.1) is 13.2 Å². The fraction of sp³-hybridized carbons (Fsp3) is 0.357. The third-order valence-corrected chi connectivity index (χ3v) is 3.14. The Labute approximate surface area is 120 Å². The first-order chi connectivity index (χ1) is 9.87. The van der Waals surface area contributed by atoms with E-state index in [4.69, 9.17) is 0 Å². The summed E-state index contributed by atoms with van der Waals surface area (Å²) >= 11 is 0. The zero-order chi connectivity index (χ0) is 15.5. The first-order valence-electron chi connectivity index (χ1n) is 6.41. The van der Waals surface area contributed by atoms with Gasteiger partial charge < -0.3 is 15.0 Å². The van der Waals surface area contributed by atoms with E-state index >= 15 is 0 Å². The van der Waals surface area contributed by atoms with Gasteiger partial charge in [0.1, 0.15) is 5.75 Å². The van der Waals surface area contributed by atoms with Crippen molar-refractivity contribution in [2.75, 3.05) is 18.0 Å². The summed E-state index contributed by atoms with van der Waals surface area (Å²) in [5.41, 5.74) is 0.632. The molecule has 1 aliphatic heterocycles. The van der Waals surface area contributed by atoms with Crippen LogP contribution in [0.25, 0.3) is 0 Å². The molecule has 0 saturated carbocycles. The molecule has 1 fully saturated rings. The summed E-state index contributed by atoms with van der Waals surface area (Å²) in [5, 5.41) is 2.77. The van der Waals surface area contributed by atoms with Gasteiger partial charge in [-0.05, 0) is 24.6 Å². The molecule has 0 aromatic heterocycles. The molecule has 1 aliphatic rings. The van der Waals surface area contributed by atoms with Gasteiger partial charge in [0, 0.05) is 30.9 Å². The van der Waals surface area contributed by atoms with E-state index in [9.17, 15) is 18.0 Å². The second-order valence-corrected chi connectivity index (χ2v) is 4.69. The molecule has 1 saturated heterocycles. The SMILES string of the molecule is C=CC(=O)NC1CCN(c2cccc(OC(F)(F)F)c2)C1. The van der Waals surface area contributed by atoms with Gasteiger partial charge in [0.15, 0.2) is 0 Å². The summed E-state index contributed by atoms with van der Waals surface area (Å²) in [6.07, 6.45) is -2.78. The normalized spacial score (nSPS) is 18.4. The minimum absolute atomic E-state index is 0.0392. The predicted molar refractivity (Wildman–Crippen MR) is 72.1 cm³/mol. The van der Waals surface area contributed by atoms with Crippen molar-refractivity contribution < 1.29 is 22.7 Å². The number of nitrogens with one attached hydrogen (secondary N) is 1. The third-order valence-electron chi connectivity index (χ3n) is 3.14. The average Bonchev–Trinajstić information content (AvgIpc) is 2.85. The van der Waals surface area contributed by atoms with Gasteiger partial charge in [-0.25, -0.2) is 0 Å². The van der Waals surface area contributed by atoms with Gasteiger partial charge >= 0.3 is 6.36 Å². The first kappa shape index (κ1) is 15.2. The van der Waals surface area contributed by atoms with Crippen LogP contribution in [-0.4, -0.2) is 31.4 Å². The number of amides is 1. The van der Waals surface area contributed by atoms with Crippen LogP contribution in [0.5, 0.6) is 5.75 Å². The van der Waals surface area contributed by atoms with E-state index in [0.29, 0.717) is 18.8 Å². The number of rotatable bonds is 4. The van der Waals surface area contributed by atoms with Crippen molar-refractivity contribution in [2.45, 2.75) is 18.8 Å². The van der Waals surface area contributed by atoms with E-state index in [2.05, 4.69) is 16.6 Å². The maximum absolute atomic E-state index is 12.2. The van der Waals surface area contributed by atoms with Gasteiger partial charge in [0.05, 0.1) is 0 Å². The van der Waals surface area contributed by atoms with Crippen molar-refractivity contribution in [3.05, 3.63) is 36.9 Å². The van der Waals surface area contributed by atoms with Crippen LogP contribution in [0, 0.1) is 0 Å². The van der Waals surface area contributed by atoms with Gasteiger partial charge in [-0.2, -0.15) is 0 Å². The third kappa shape index (κ3) is 4.40. The highest BCUT2D eigenvalue weighted by Gasteiger charge is 2.31. The number of anilines is 1. The van der Waals surface area contributed by atoms with Crippen LogP contribution < -0.4 is 15.0 Å². The molecule has 1 atom stereocenters. The maximum atomic E-state index is 12.2.